The Hall–Kier alpha value is -2.58. The van der Waals surface area contributed by atoms with Crippen LogP contribution in [0.1, 0.15) is 9.67 Å². The molecule has 0 unspecified atom stereocenters. The monoisotopic (exact) mass is 383 g/mol. The van der Waals surface area contributed by atoms with Gasteiger partial charge in [0, 0.05) is 15.8 Å². The molecule has 0 spiro atoms. The van der Waals surface area contributed by atoms with Crippen LogP contribution >= 0.6 is 22.9 Å². The molecule has 7 nitrogen and oxygen atoms in total. The van der Waals surface area contributed by atoms with E-state index in [1.807, 2.05) is 0 Å². The number of ether oxygens (including phenoxy) is 3. The average molecular weight is 384 g/mol. The Kier molecular flexibility index (Phi) is 6.00. The number of carbonyl (C=O) groups is 3. The highest BCUT2D eigenvalue weighted by molar-refractivity contribution is 7.21. The number of hydrogen-bond donors (Lipinski definition) is 1. The van der Waals surface area contributed by atoms with Gasteiger partial charge in [-0.2, -0.15) is 0 Å². The number of esters is 3. The van der Waals surface area contributed by atoms with Crippen molar-refractivity contribution in [2.75, 3.05) is 26.6 Å². The maximum absolute atomic E-state index is 11.8. The van der Waals surface area contributed by atoms with E-state index in [-0.39, 0.29) is 10.6 Å². The molecule has 132 valence electrons. The largest absolute Gasteiger partial charge is 0.466 e. The Morgan fingerprint density at radius 3 is 2.44 bits per heavy atom. The summed E-state index contributed by atoms with van der Waals surface area (Å²) in [4.78, 5) is 35.2. The summed E-state index contributed by atoms with van der Waals surface area (Å²) >= 11 is 7.35. The van der Waals surface area contributed by atoms with E-state index in [1.165, 1.54) is 21.3 Å². The molecule has 0 amide bonds. The standard InChI is InChI=1S/C16H14ClNO6S/c1-22-12(19)7-10(15(20)23-2)18-8-4-5-9-11(6-8)25-14(13(9)17)16(21)24-3/h4-7,18H,1-3H3/b10-7+. The molecule has 9 heteroatoms. The molecule has 0 bridgehead atoms. The molecule has 0 atom stereocenters. The second-order valence-electron chi connectivity index (χ2n) is 4.65. The minimum atomic E-state index is -0.732. The van der Waals surface area contributed by atoms with Gasteiger partial charge in [-0.1, -0.05) is 11.6 Å². The van der Waals surface area contributed by atoms with E-state index in [0.717, 1.165) is 17.4 Å². The molecule has 0 radical (unpaired) electrons. The molecule has 1 N–H and O–H groups in total. The van der Waals surface area contributed by atoms with Crippen LogP contribution in [0.3, 0.4) is 0 Å². The molecular weight excluding hydrogens is 370 g/mol. The molecule has 25 heavy (non-hydrogen) atoms. The topological polar surface area (TPSA) is 90.9 Å². The number of fused-ring (bicyclic) bond motifs is 1. The van der Waals surface area contributed by atoms with Gasteiger partial charge < -0.3 is 19.5 Å². The first-order valence-electron chi connectivity index (χ1n) is 6.86. The Bertz CT molecular complexity index is 873. The van der Waals surface area contributed by atoms with Gasteiger partial charge in [0.25, 0.3) is 0 Å². The number of nitrogens with one attached hydrogen (secondary N) is 1. The van der Waals surface area contributed by atoms with Crippen LogP contribution in [-0.2, 0) is 23.8 Å². The molecule has 0 fully saturated rings. The van der Waals surface area contributed by atoms with Gasteiger partial charge in [-0.15, -0.1) is 11.3 Å². The summed E-state index contributed by atoms with van der Waals surface area (Å²) in [5, 5.41) is 3.77. The van der Waals surface area contributed by atoms with E-state index >= 15 is 0 Å². The van der Waals surface area contributed by atoms with Gasteiger partial charge in [0.15, 0.2) is 0 Å². The average Bonchev–Trinajstić information content (AvgIpc) is 2.95. The van der Waals surface area contributed by atoms with Crippen LogP contribution in [0.2, 0.25) is 5.02 Å². The molecule has 0 saturated heterocycles. The Morgan fingerprint density at radius 1 is 1.12 bits per heavy atom. The molecule has 0 aliphatic carbocycles. The fourth-order valence-electron chi connectivity index (χ4n) is 1.96. The van der Waals surface area contributed by atoms with Crippen LogP contribution < -0.4 is 5.32 Å². The lowest BCUT2D eigenvalue weighted by Crippen LogP contribution is -2.15. The van der Waals surface area contributed by atoms with Crippen LogP contribution in [0, 0.1) is 0 Å². The summed E-state index contributed by atoms with van der Waals surface area (Å²) < 4.78 is 14.5. The van der Waals surface area contributed by atoms with Gasteiger partial charge in [0.05, 0.1) is 32.4 Å². The second-order valence-corrected chi connectivity index (χ2v) is 6.08. The third-order valence-electron chi connectivity index (χ3n) is 3.15. The van der Waals surface area contributed by atoms with Crippen molar-refractivity contribution < 1.29 is 28.6 Å². The van der Waals surface area contributed by atoms with Gasteiger partial charge in [-0.3, -0.25) is 0 Å². The van der Waals surface area contributed by atoms with E-state index in [9.17, 15) is 14.4 Å². The van der Waals surface area contributed by atoms with E-state index < -0.39 is 17.9 Å². The second kappa shape index (κ2) is 8.00. The summed E-state index contributed by atoms with van der Waals surface area (Å²) in [6, 6.07) is 5.03. The Balaban J connectivity index is 2.40. The van der Waals surface area contributed by atoms with Crippen LogP contribution in [0.25, 0.3) is 10.1 Å². The van der Waals surface area contributed by atoms with Gasteiger partial charge >= 0.3 is 17.9 Å². The minimum Gasteiger partial charge on any atom is -0.466 e. The molecule has 0 saturated carbocycles. The summed E-state index contributed by atoms with van der Waals surface area (Å²) in [6.45, 7) is 0. The maximum atomic E-state index is 11.8. The van der Waals surface area contributed by atoms with Crippen molar-refractivity contribution in [2.45, 2.75) is 0 Å². The highest BCUT2D eigenvalue weighted by Gasteiger charge is 2.18. The SMILES string of the molecule is COC(=O)/C=C(/Nc1ccc2c(Cl)c(C(=O)OC)sc2c1)C(=O)OC. The minimum absolute atomic E-state index is 0.0930. The van der Waals surface area contributed by atoms with Crippen molar-refractivity contribution in [3.05, 3.63) is 39.9 Å². The third kappa shape index (κ3) is 4.09. The zero-order chi connectivity index (χ0) is 18.6. The van der Waals surface area contributed by atoms with Crippen molar-refractivity contribution in [1.82, 2.24) is 0 Å². The van der Waals surface area contributed by atoms with E-state index in [0.29, 0.717) is 20.8 Å². The molecule has 1 aromatic heterocycles. The predicted octanol–water partition coefficient (Wildman–Crippen LogP) is 2.98. The molecule has 0 aliphatic rings. The molecular formula is C16H14ClNO6S. The van der Waals surface area contributed by atoms with Gasteiger partial charge in [-0.25, -0.2) is 14.4 Å². The lowest BCUT2D eigenvalue weighted by atomic mass is 10.2. The van der Waals surface area contributed by atoms with Gasteiger partial charge in [-0.05, 0) is 18.2 Å². The molecule has 0 aliphatic heterocycles. The molecule has 1 aromatic carbocycles. The number of anilines is 1. The smallest absolute Gasteiger partial charge is 0.354 e. The van der Waals surface area contributed by atoms with E-state index in [4.69, 9.17) is 16.3 Å². The summed E-state index contributed by atoms with van der Waals surface area (Å²) in [5.41, 5.74) is 0.409. The number of thiophene rings is 1. The van der Waals surface area contributed by atoms with Gasteiger partial charge in [0.1, 0.15) is 10.6 Å². The maximum Gasteiger partial charge on any atom is 0.354 e. The number of carbonyl (C=O) groups excluding carboxylic acids is 3. The number of hydrogen-bond acceptors (Lipinski definition) is 8. The first-order valence-corrected chi connectivity index (χ1v) is 8.06. The Labute approximate surface area is 152 Å². The first kappa shape index (κ1) is 18.8. The number of rotatable bonds is 5. The van der Waals surface area contributed by atoms with Crippen molar-refractivity contribution in [3.63, 3.8) is 0 Å². The lowest BCUT2D eigenvalue weighted by molar-refractivity contribution is -0.138. The van der Waals surface area contributed by atoms with Crippen molar-refractivity contribution in [1.29, 1.82) is 0 Å². The predicted molar refractivity (Wildman–Crippen MR) is 93.9 cm³/mol. The summed E-state index contributed by atoms with van der Waals surface area (Å²) in [7, 11) is 3.66. The van der Waals surface area contributed by atoms with Crippen LogP contribution in [0.15, 0.2) is 30.0 Å². The summed E-state index contributed by atoms with van der Waals surface area (Å²) in [5.74, 6) is -1.97. The fraction of sp³-hybridized carbons (Fsp3) is 0.188. The lowest BCUT2D eigenvalue weighted by Gasteiger charge is -2.09. The third-order valence-corrected chi connectivity index (χ3v) is 4.79. The van der Waals surface area contributed by atoms with Gasteiger partial charge in [0.2, 0.25) is 0 Å². The first-order chi connectivity index (χ1) is 11.9. The Morgan fingerprint density at radius 2 is 1.84 bits per heavy atom. The normalized spacial score (nSPS) is 11.1. The van der Waals surface area contributed by atoms with E-state index in [2.05, 4.69) is 14.8 Å². The van der Waals surface area contributed by atoms with Crippen LogP contribution in [0.4, 0.5) is 5.69 Å². The van der Waals surface area contributed by atoms with Crippen molar-refractivity contribution in [3.8, 4) is 0 Å². The molecule has 2 aromatic rings. The van der Waals surface area contributed by atoms with Crippen LogP contribution in [-0.4, -0.2) is 39.2 Å². The zero-order valence-electron chi connectivity index (χ0n) is 13.5. The van der Waals surface area contributed by atoms with Crippen molar-refractivity contribution >= 4 is 56.6 Å². The molecule has 2 rings (SSSR count). The highest BCUT2D eigenvalue weighted by atomic mass is 35.5. The molecule has 1 heterocycles. The fourth-order valence-corrected chi connectivity index (χ4v) is 3.42. The van der Waals surface area contributed by atoms with Crippen molar-refractivity contribution in [2.24, 2.45) is 0 Å². The quantitative estimate of drug-likeness (QED) is 0.482. The number of methoxy groups -OCH3 is 3. The van der Waals surface area contributed by atoms with Crippen LogP contribution in [0.5, 0.6) is 0 Å². The highest BCUT2D eigenvalue weighted by Crippen LogP contribution is 2.37. The zero-order valence-corrected chi connectivity index (χ0v) is 15.1. The van der Waals surface area contributed by atoms with E-state index in [1.54, 1.807) is 18.2 Å². The summed E-state index contributed by atoms with van der Waals surface area (Å²) in [6.07, 6.45) is 0.983. The number of halogens is 1. The number of benzene rings is 1.